The molecular weight excluding hydrogens is 206 g/mol. The van der Waals surface area contributed by atoms with Crippen LogP contribution in [0.25, 0.3) is 5.76 Å². The van der Waals surface area contributed by atoms with E-state index in [1.807, 2.05) is 19.9 Å². The first-order valence-corrected chi connectivity index (χ1v) is 5.06. The molecule has 0 fully saturated rings. The number of rotatable bonds is 4. The highest BCUT2D eigenvalue weighted by molar-refractivity contribution is 5.87. The zero-order valence-electron chi connectivity index (χ0n) is 9.69. The van der Waals surface area contributed by atoms with Gasteiger partial charge in [-0.1, -0.05) is 0 Å². The average molecular weight is 221 g/mol. The smallest absolute Gasteiger partial charge is 0.356 e. The predicted octanol–water partition coefficient (Wildman–Crippen LogP) is 2.27. The summed E-state index contributed by atoms with van der Waals surface area (Å²) in [5, 5.41) is 0. The Labute approximate surface area is 94.9 Å². The Morgan fingerprint density at radius 1 is 1.50 bits per heavy atom. The van der Waals surface area contributed by atoms with Crippen molar-refractivity contribution in [3.63, 3.8) is 0 Å². The molecule has 4 heteroatoms. The van der Waals surface area contributed by atoms with E-state index in [1.54, 1.807) is 18.3 Å². The summed E-state index contributed by atoms with van der Waals surface area (Å²) >= 11 is 0. The highest BCUT2D eigenvalue weighted by Crippen LogP contribution is 2.15. The number of carbonyl (C=O) groups excluding carboxylic acids is 1. The third kappa shape index (κ3) is 2.82. The number of hydrogen-bond donors (Lipinski definition) is 0. The minimum atomic E-state index is -0.440. The highest BCUT2D eigenvalue weighted by Gasteiger charge is 2.08. The normalized spacial score (nSPS) is 11.1. The van der Waals surface area contributed by atoms with Gasteiger partial charge in [0.05, 0.1) is 13.7 Å². The second-order valence-corrected chi connectivity index (χ2v) is 3.01. The lowest BCUT2D eigenvalue weighted by Crippen LogP contribution is -2.04. The molecule has 1 rings (SSSR count). The zero-order valence-corrected chi connectivity index (χ0v) is 9.69. The predicted molar refractivity (Wildman–Crippen MR) is 60.9 cm³/mol. The fourth-order valence-electron chi connectivity index (χ4n) is 1.25. The van der Waals surface area contributed by atoms with E-state index in [0.717, 1.165) is 11.3 Å². The fourth-order valence-corrected chi connectivity index (χ4v) is 1.25. The standard InChI is InChI=1S/C12H15NO3/c1-4-11(16-5-2)9-6-7-10(13-8-9)12(14)15-3/h4,6-8H,5H2,1-3H3/b11-4-. The van der Waals surface area contributed by atoms with Gasteiger partial charge in [0.25, 0.3) is 0 Å². The van der Waals surface area contributed by atoms with Crippen molar-refractivity contribution in [2.24, 2.45) is 0 Å². The lowest BCUT2D eigenvalue weighted by molar-refractivity contribution is 0.0594. The van der Waals surface area contributed by atoms with E-state index in [0.29, 0.717) is 12.3 Å². The summed E-state index contributed by atoms with van der Waals surface area (Å²) in [5.41, 5.74) is 1.13. The van der Waals surface area contributed by atoms with Crippen LogP contribution in [0.5, 0.6) is 0 Å². The maximum atomic E-state index is 11.2. The van der Waals surface area contributed by atoms with Crippen LogP contribution in [-0.4, -0.2) is 24.7 Å². The summed E-state index contributed by atoms with van der Waals surface area (Å²) in [6, 6.07) is 3.40. The molecule has 86 valence electrons. The van der Waals surface area contributed by atoms with Gasteiger partial charge in [0, 0.05) is 11.8 Å². The fraction of sp³-hybridized carbons (Fsp3) is 0.333. The molecule has 0 aliphatic carbocycles. The van der Waals surface area contributed by atoms with Crippen molar-refractivity contribution in [1.29, 1.82) is 0 Å². The van der Waals surface area contributed by atoms with Crippen molar-refractivity contribution < 1.29 is 14.3 Å². The van der Waals surface area contributed by atoms with Gasteiger partial charge in [0.15, 0.2) is 0 Å². The second-order valence-electron chi connectivity index (χ2n) is 3.01. The van der Waals surface area contributed by atoms with E-state index < -0.39 is 5.97 Å². The Bertz CT molecular complexity index is 382. The minimum absolute atomic E-state index is 0.290. The molecule has 4 nitrogen and oxygen atoms in total. The lowest BCUT2D eigenvalue weighted by atomic mass is 10.2. The van der Waals surface area contributed by atoms with E-state index >= 15 is 0 Å². The van der Waals surface area contributed by atoms with Gasteiger partial charge in [-0.3, -0.25) is 0 Å². The third-order valence-corrected chi connectivity index (χ3v) is 2.00. The van der Waals surface area contributed by atoms with Crippen molar-refractivity contribution in [2.75, 3.05) is 13.7 Å². The first-order chi connectivity index (χ1) is 7.72. The maximum Gasteiger partial charge on any atom is 0.356 e. The SMILES string of the molecule is C/C=C(\OCC)c1ccc(C(=O)OC)nc1. The van der Waals surface area contributed by atoms with Gasteiger partial charge < -0.3 is 9.47 Å². The third-order valence-electron chi connectivity index (χ3n) is 2.00. The minimum Gasteiger partial charge on any atom is -0.494 e. The monoisotopic (exact) mass is 221 g/mol. The van der Waals surface area contributed by atoms with E-state index in [4.69, 9.17) is 4.74 Å². The van der Waals surface area contributed by atoms with Crippen LogP contribution >= 0.6 is 0 Å². The summed E-state index contributed by atoms with van der Waals surface area (Å²) in [5.74, 6) is 0.316. The Balaban J connectivity index is 2.89. The molecule has 0 atom stereocenters. The molecule has 16 heavy (non-hydrogen) atoms. The second kappa shape index (κ2) is 5.90. The van der Waals surface area contributed by atoms with Crippen molar-refractivity contribution in [1.82, 2.24) is 4.98 Å². The van der Waals surface area contributed by atoms with Crippen molar-refractivity contribution in [3.05, 3.63) is 35.7 Å². The number of carbonyl (C=O) groups is 1. The molecule has 0 amide bonds. The molecule has 0 spiro atoms. The number of aromatic nitrogens is 1. The van der Waals surface area contributed by atoms with Gasteiger partial charge in [-0.15, -0.1) is 0 Å². The number of esters is 1. The average Bonchev–Trinajstić information content (AvgIpc) is 2.35. The molecule has 0 saturated carbocycles. The first kappa shape index (κ1) is 12.2. The first-order valence-electron chi connectivity index (χ1n) is 5.06. The van der Waals surface area contributed by atoms with Crippen molar-refractivity contribution in [3.8, 4) is 0 Å². The highest BCUT2D eigenvalue weighted by atomic mass is 16.5. The van der Waals surface area contributed by atoms with E-state index in [9.17, 15) is 4.79 Å². The largest absolute Gasteiger partial charge is 0.494 e. The number of ether oxygens (including phenoxy) is 2. The molecule has 1 aromatic heterocycles. The molecule has 0 N–H and O–H groups in total. The Hall–Kier alpha value is -1.84. The molecule has 0 aliphatic heterocycles. The number of nitrogens with zero attached hydrogens (tertiary/aromatic N) is 1. The number of hydrogen-bond acceptors (Lipinski definition) is 4. The summed E-state index contributed by atoms with van der Waals surface area (Å²) < 4.78 is 9.97. The van der Waals surface area contributed by atoms with Crippen LogP contribution in [-0.2, 0) is 9.47 Å². The van der Waals surface area contributed by atoms with E-state index in [1.165, 1.54) is 7.11 Å². The molecular formula is C12H15NO3. The molecule has 0 aromatic carbocycles. The van der Waals surface area contributed by atoms with E-state index in [-0.39, 0.29) is 0 Å². The van der Waals surface area contributed by atoms with Crippen LogP contribution in [0.2, 0.25) is 0 Å². The van der Waals surface area contributed by atoms with Crippen LogP contribution in [0.1, 0.15) is 29.9 Å². The molecule has 0 unspecified atom stereocenters. The molecule has 0 bridgehead atoms. The van der Waals surface area contributed by atoms with Crippen molar-refractivity contribution >= 4 is 11.7 Å². The van der Waals surface area contributed by atoms with Crippen LogP contribution in [0.4, 0.5) is 0 Å². The number of allylic oxidation sites excluding steroid dienone is 1. The van der Waals surface area contributed by atoms with Gasteiger partial charge in [0.1, 0.15) is 11.5 Å². The Kier molecular flexibility index (Phi) is 4.51. The van der Waals surface area contributed by atoms with Gasteiger partial charge in [0.2, 0.25) is 0 Å². The number of methoxy groups -OCH3 is 1. The Morgan fingerprint density at radius 3 is 2.69 bits per heavy atom. The summed E-state index contributed by atoms with van der Waals surface area (Å²) in [6.07, 6.45) is 3.45. The lowest BCUT2D eigenvalue weighted by Gasteiger charge is -2.07. The topological polar surface area (TPSA) is 48.4 Å². The maximum absolute atomic E-state index is 11.2. The quantitative estimate of drug-likeness (QED) is 0.578. The van der Waals surface area contributed by atoms with Crippen LogP contribution in [0.15, 0.2) is 24.4 Å². The van der Waals surface area contributed by atoms with Gasteiger partial charge in [-0.2, -0.15) is 0 Å². The van der Waals surface area contributed by atoms with Gasteiger partial charge in [-0.25, -0.2) is 9.78 Å². The zero-order chi connectivity index (χ0) is 12.0. The number of pyridine rings is 1. The molecule has 1 aromatic rings. The molecule has 0 radical (unpaired) electrons. The van der Waals surface area contributed by atoms with Crippen LogP contribution < -0.4 is 0 Å². The van der Waals surface area contributed by atoms with Gasteiger partial charge in [-0.05, 0) is 32.1 Å². The summed E-state index contributed by atoms with van der Waals surface area (Å²) in [4.78, 5) is 15.2. The van der Waals surface area contributed by atoms with Crippen LogP contribution in [0, 0.1) is 0 Å². The summed E-state index contributed by atoms with van der Waals surface area (Å²) in [6.45, 7) is 4.40. The van der Waals surface area contributed by atoms with E-state index in [2.05, 4.69) is 9.72 Å². The van der Waals surface area contributed by atoms with Crippen molar-refractivity contribution in [2.45, 2.75) is 13.8 Å². The van der Waals surface area contributed by atoms with Crippen LogP contribution in [0.3, 0.4) is 0 Å². The molecule has 0 saturated heterocycles. The van der Waals surface area contributed by atoms with Gasteiger partial charge >= 0.3 is 5.97 Å². The summed E-state index contributed by atoms with van der Waals surface area (Å²) in [7, 11) is 1.33. The molecule has 1 heterocycles. The Morgan fingerprint density at radius 2 is 2.25 bits per heavy atom. The molecule has 0 aliphatic rings.